The lowest BCUT2D eigenvalue weighted by Gasteiger charge is -2.26. The number of morpholine rings is 1. The van der Waals surface area contributed by atoms with Crippen LogP contribution in [0, 0.1) is 5.41 Å². The topological polar surface area (TPSA) is 46.6 Å². The largest absolute Gasteiger partial charge is 0.391 e. The lowest BCUT2D eigenvalue weighted by Crippen LogP contribution is -2.44. The van der Waals surface area contributed by atoms with Gasteiger partial charge in [0.2, 0.25) is 0 Å². The molecule has 0 aromatic rings. The predicted octanol–water partition coefficient (Wildman–Crippen LogP) is 0.172. The summed E-state index contributed by atoms with van der Waals surface area (Å²) < 4.78 is 4.43. The molecule has 2 fully saturated rings. The zero-order valence-electron chi connectivity index (χ0n) is 7.71. The smallest absolute Gasteiger partial charge is 0.327 e. The van der Waals surface area contributed by atoms with Gasteiger partial charge in [-0.05, 0) is 18.3 Å². The summed E-state index contributed by atoms with van der Waals surface area (Å²) in [4.78, 5) is 23.7. The van der Waals surface area contributed by atoms with Gasteiger partial charge in [-0.3, -0.25) is 14.5 Å². The Morgan fingerprint density at radius 1 is 1.31 bits per heavy atom. The molecule has 2 rings (SSSR count). The van der Waals surface area contributed by atoms with E-state index in [1.807, 2.05) is 4.90 Å². The highest BCUT2D eigenvalue weighted by Gasteiger charge is 2.40. The van der Waals surface area contributed by atoms with Gasteiger partial charge in [-0.25, -0.2) is 0 Å². The van der Waals surface area contributed by atoms with Crippen molar-refractivity contribution in [3.63, 3.8) is 0 Å². The summed E-state index contributed by atoms with van der Waals surface area (Å²) in [6.45, 7) is 3.55. The third-order valence-electron chi connectivity index (χ3n) is 2.64. The number of hydrogen-bond donors (Lipinski definition) is 0. The first kappa shape index (κ1) is 8.69. The van der Waals surface area contributed by atoms with Gasteiger partial charge in [0.25, 0.3) is 0 Å². The summed E-state index contributed by atoms with van der Waals surface area (Å²) in [6.07, 6.45) is 2.40. The molecule has 1 saturated carbocycles. The number of ether oxygens (including phenoxy) is 1. The van der Waals surface area contributed by atoms with Crippen LogP contribution in [-0.2, 0) is 14.3 Å². The van der Waals surface area contributed by atoms with Crippen LogP contribution in [0.5, 0.6) is 0 Å². The second-order valence-corrected chi connectivity index (χ2v) is 4.30. The maximum Gasteiger partial charge on any atom is 0.327 e. The fourth-order valence-electron chi connectivity index (χ4n) is 1.64. The minimum atomic E-state index is -0.416. The van der Waals surface area contributed by atoms with Gasteiger partial charge in [-0.15, -0.1) is 0 Å². The first-order valence-corrected chi connectivity index (χ1v) is 4.53. The highest BCUT2D eigenvalue weighted by Crippen LogP contribution is 2.45. The molecule has 0 unspecified atom stereocenters. The van der Waals surface area contributed by atoms with Gasteiger partial charge < -0.3 is 4.74 Å². The normalized spacial score (nSPS) is 27.2. The van der Waals surface area contributed by atoms with E-state index in [1.165, 1.54) is 12.8 Å². The standard InChI is InChI=1S/C9H13NO3/c1-9(2-3-9)6-10-4-7(11)13-8(12)5-10/h2-6H2,1H3. The second-order valence-electron chi connectivity index (χ2n) is 4.30. The van der Waals surface area contributed by atoms with E-state index in [0.29, 0.717) is 5.41 Å². The third kappa shape index (κ3) is 2.06. The van der Waals surface area contributed by atoms with E-state index in [0.717, 1.165) is 6.54 Å². The average Bonchev–Trinajstić information content (AvgIpc) is 2.64. The quantitative estimate of drug-likeness (QED) is 0.452. The first-order valence-electron chi connectivity index (χ1n) is 4.53. The van der Waals surface area contributed by atoms with Crippen molar-refractivity contribution < 1.29 is 14.3 Å². The van der Waals surface area contributed by atoms with Crippen molar-refractivity contribution in [1.82, 2.24) is 4.90 Å². The van der Waals surface area contributed by atoms with Gasteiger partial charge in [-0.2, -0.15) is 0 Å². The SMILES string of the molecule is CC1(CN2CC(=O)OC(=O)C2)CC1. The van der Waals surface area contributed by atoms with Gasteiger partial charge in [0.15, 0.2) is 0 Å². The average molecular weight is 183 g/mol. The molecule has 0 bridgehead atoms. The van der Waals surface area contributed by atoms with Crippen molar-refractivity contribution in [2.45, 2.75) is 19.8 Å². The Morgan fingerprint density at radius 3 is 2.31 bits per heavy atom. The van der Waals surface area contributed by atoms with Gasteiger partial charge in [-0.1, -0.05) is 6.92 Å². The number of hydrogen-bond acceptors (Lipinski definition) is 4. The number of nitrogens with zero attached hydrogens (tertiary/aromatic N) is 1. The van der Waals surface area contributed by atoms with E-state index in [1.54, 1.807) is 0 Å². The van der Waals surface area contributed by atoms with E-state index >= 15 is 0 Å². The molecular weight excluding hydrogens is 170 g/mol. The minimum Gasteiger partial charge on any atom is -0.391 e. The monoisotopic (exact) mass is 183 g/mol. The lowest BCUT2D eigenvalue weighted by atomic mass is 10.1. The van der Waals surface area contributed by atoms with Crippen molar-refractivity contribution in [3.8, 4) is 0 Å². The van der Waals surface area contributed by atoms with Crippen molar-refractivity contribution in [2.24, 2.45) is 5.41 Å². The first-order chi connectivity index (χ1) is 6.07. The van der Waals surface area contributed by atoms with Crippen molar-refractivity contribution in [1.29, 1.82) is 0 Å². The van der Waals surface area contributed by atoms with Crippen molar-refractivity contribution in [2.75, 3.05) is 19.6 Å². The highest BCUT2D eigenvalue weighted by molar-refractivity contribution is 5.90. The Morgan fingerprint density at radius 2 is 1.85 bits per heavy atom. The number of carbonyl (C=O) groups is 2. The molecule has 4 heteroatoms. The van der Waals surface area contributed by atoms with Crippen LogP contribution >= 0.6 is 0 Å². The van der Waals surface area contributed by atoms with Crippen LogP contribution in [0.2, 0.25) is 0 Å². The molecule has 0 amide bonds. The zero-order chi connectivity index (χ0) is 9.47. The molecular formula is C9H13NO3. The molecule has 2 aliphatic rings. The Kier molecular flexibility index (Phi) is 1.87. The van der Waals surface area contributed by atoms with Crippen LogP contribution in [0.3, 0.4) is 0 Å². The van der Waals surface area contributed by atoms with Gasteiger partial charge in [0.05, 0.1) is 13.1 Å². The summed E-state index contributed by atoms with van der Waals surface area (Å²) in [6, 6.07) is 0. The number of rotatable bonds is 2. The van der Waals surface area contributed by atoms with Crippen molar-refractivity contribution in [3.05, 3.63) is 0 Å². The summed E-state index contributed by atoms with van der Waals surface area (Å²) in [5.74, 6) is -0.832. The van der Waals surface area contributed by atoms with Gasteiger partial charge >= 0.3 is 11.9 Å². The molecule has 13 heavy (non-hydrogen) atoms. The van der Waals surface area contributed by atoms with Crippen molar-refractivity contribution >= 4 is 11.9 Å². The molecule has 0 N–H and O–H groups in total. The van der Waals surface area contributed by atoms with Crippen LogP contribution < -0.4 is 0 Å². The third-order valence-corrected chi connectivity index (χ3v) is 2.64. The fraction of sp³-hybridized carbons (Fsp3) is 0.778. The molecule has 0 atom stereocenters. The number of carbonyl (C=O) groups excluding carboxylic acids is 2. The lowest BCUT2D eigenvalue weighted by molar-refractivity contribution is -0.167. The van der Waals surface area contributed by atoms with Gasteiger partial charge in [0.1, 0.15) is 0 Å². The summed E-state index contributed by atoms with van der Waals surface area (Å²) in [5, 5.41) is 0. The molecule has 72 valence electrons. The summed E-state index contributed by atoms with van der Waals surface area (Å²) >= 11 is 0. The van der Waals surface area contributed by atoms with E-state index in [-0.39, 0.29) is 13.1 Å². The maximum absolute atomic E-state index is 10.9. The van der Waals surface area contributed by atoms with E-state index in [9.17, 15) is 9.59 Å². The summed E-state index contributed by atoms with van der Waals surface area (Å²) in [5.41, 5.74) is 0.345. The predicted molar refractivity (Wildman–Crippen MR) is 44.9 cm³/mol. The second kappa shape index (κ2) is 2.80. The molecule has 0 spiro atoms. The Labute approximate surface area is 76.8 Å². The maximum atomic E-state index is 10.9. The van der Waals surface area contributed by atoms with Crippen LogP contribution in [-0.4, -0.2) is 36.5 Å². The Balaban J connectivity index is 1.91. The number of cyclic esters (lactones) is 2. The molecule has 1 heterocycles. The van der Waals surface area contributed by atoms with E-state index < -0.39 is 11.9 Å². The van der Waals surface area contributed by atoms with Crippen LogP contribution in [0.15, 0.2) is 0 Å². The minimum absolute atomic E-state index is 0.265. The fourth-order valence-corrected chi connectivity index (χ4v) is 1.64. The summed E-state index contributed by atoms with van der Waals surface area (Å²) in [7, 11) is 0. The Bertz CT molecular complexity index is 242. The van der Waals surface area contributed by atoms with Crippen LogP contribution in [0.25, 0.3) is 0 Å². The molecule has 4 nitrogen and oxygen atoms in total. The zero-order valence-corrected chi connectivity index (χ0v) is 7.71. The van der Waals surface area contributed by atoms with Gasteiger partial charge in [0, 0.05) is 6.54 Å². The molecule has 0 aromatic heterocycles. The molecule has 0 radical (unpaired) electrons. The molecule has 0 aromatic carbocycles. The van der Waals surface area contributed by atoms with Crippen LogP contribution in [0.4, 0.5) is 0 Å². The highest BCUT2D eigenvalue weighted by atomic mass is 16.6. The molecule has 1 aliphatic carbocycles. The van der Waals surface area contributed by atoms with E-state index in [4.69, 9.17) is 0 Å². The number of esters is 2. The van der Waals surface area contributed by atoms with E-state index in [2.05, 4.69) is 11.7 Å². The Hall–Kier alpha value is -0.900. The molecule has 1 saturated heterocycles. The molecule has 1 aliphatic heterocycles. The van der Waals surface area contributed by atoms with Crippen LogP contribution in [0.1, 0.15) is 19.8 Å².